The lowest BCUT2D eigenvalue weighted by molar-refractivity contribution is 0.1000. The second-order valence-corrected chi connectivity index (χ2v) is 7.80. The quantitative estimate of drug-likeness (QED) is 0.671. The molecule has 140 valence electrons. The van der Waals surface area contributed by atoms with Gasteiger partial charge in [0.15, 0.2) is 0 Å². The number of carbonyl (C=O) groups is 1. The zero-order valence-corrected chi connectivity index (χ0v) is 16.2. The molecule has 3 aromatic rings. The monoisotopic (exact) mass is 381 g/mol. The van der Waals surface area contributed by atoms with Crippen LogP contribution in [0.2, 0.25) is 5.02 Å². The largest absolute Gasteiger partial charge is 0.366 e. The molecule has 0 spiro atoms. The van der Waals surface area contributed by atoms with Crippen molar-refractivity contribution in [3.05, 3.63) is 69.9 Å². The van der Waals surface area contributed by atoms with Crippen LogP contribution in [0.25, 0.3) is 10.9 Å². The van der Waals surface area contributed by atoms with Gasteiger partial charge in [-0.25, -0.2) is 0 Å². The van der Waals surface area contributed by atoms with E-state index in [-0.39, 0.29) is 5.91 Å². The first-order valence-corrected chi connectivity index (χ1v) is 9.81. The molecular formula is C22H24ClN3O. The Morgan fingerprint density at radius 2 is 2.04 bits per heavy atom. The maximum atomic E-state index is 11.4. The van der Waals surface area contributed by atoms with Gasteiger partial charge in [-0.05, 0) is 67.3 Å². The summed E-state index contributed by atoms with van der Waals surface area (Å²) in [7, 11) is 0. The lowest BCUT2D eigenvalue weighted by Crippen LogP contribution is -2.33. The van der Waals surface area contributed by atoms with Gasteiger partial charge in [0.25, 0.3) is 0 Å². The molecule has 0 bridgehead atoms. The summed E-state index contributed by atoms with van der Waals surface area (Å²) >= 11 is 6.64. The van der Waals surface area contributed by atoms with Crippen LogP contribution in [0.15, 0.2) is 42.6 Å². The van der Waals surface area contributed by atoms with Gasteiger partial charge in [-0.15, -0.1) is 0 Å². The number of rotatable bonds is 4. The van der Waals surface area contributed by atoms with Crippen LogP contribution >= 0.6 is 11.6 Å². The molecule has 0 radical (unpaired) electrons. The number of carbonyl (C=O) groups excluding carboxylic acids is 1. The molecule has 0 unspecified atom stereocenters. The number of benzene rings is 2. The van der Waals surface area contributed by atoms with E-state index in [2.05, 4.69) is 28.9 Å². The number of likely N-dealkylation sites (tertiary alicyclic amines) is 1. The van der Waals surface area contributed by atoms with Crippen molar-refractivity contribution in [1.82, 2.24) is 9.88 Å². The zero-order chi connectivity index (χ0) is 19.0. The number of nitrogens with two attached hydrogens (primary N) is 1. The molecule has 5 heteroatoms. The van der Waals surface area contributed by atoms with Gasteiger partial charge in [-0.2, -0.15) is 0 Å². The molecule has 3 N–H and O–H groups in total. The van der Waals surface area contributed by atoms with Gasteiger partial charge < -0.3 is 10.7 Å². The molecule has 0 saturated carbocycles. The Bertz CT molecular complexity index is 977. The van der Waals surface area contributed by atoms with Crippen LogP contribution < -0.4 is 5.73 Å². The van der Waals surface area contributed by atoms with E-state index in [1.807, 2.05) is 30.5 Å². The van der Waals surface area contributed by atoms with Gasteiger partial charge in [0.2, 0.25) is 5.91 Å². The van der Waals surface area contributed by atoms with Crippen LogP contribution in [0.5, 0.6) is 0 Å². The van der Waals surface area contributed by atoms with Crippen molar-refractivity contribution < 1.29 is 4.79 Å². The van der Waals surface area contributed by atoms with Crippen LogP contribution in [0.3, 0.4) is 0 Å². The molecular weight excluding hydrogens is 358 g/mol. The van der Waals surface area contributed by atoms with E-state index >= 15 is 0 Å². The van der Waals surface area contributed by atoms with E-state index in [0.29, 0.717) is 11.6 Å². The fourth-order valence-electron chi connectivity index (χ4n) is 4.22. The molecule has 4 nitrogen and oxygen atoms in total. The summed E-state index contributed by atoms with van der Waals surface area (Å²) in [6.07, 6.45) is 5.49. The van der Waals surface area contributed by atoms with Crippen LogP contribution in [0.4, 0.5) is 0 Å². The molecule has 1 atom stereocenters. The Balaban J connectivity index is 1.66. The minimum Gasteiger partial charge on any atom is -0.366 e. The van der Waals surface area contributed by atoms with E-state index < -0.39 is 0 Å². The van der Waals surface area contributed by atoms with Crippen LogP contribution in [0, 0.1) is 6.92 Å². The second-order valence-electron chi connectivity index (χ2n) is 7.39. The van der Waals surface area contributed by atoms with Crippen LogP contribution in [0.1, 0.15) is 52.4 Å². The smallest absolute Gasteiger partial charge is 0.248 e. The predicted octanol–water partition coefficient (Wildman–Crippen LogP) is 4.96. The van der Waals surface area contributed by atoms with Gasteiger partial charge in [0, 0.05) is 40.3 Å². The Hall–Kier alpha value is -2.30. The minimum absolute atomic E-state index is 0.326. The van der Waals surface area contributed by atoms with Gasteiger partial charge in [0.05, 0.1) is 0 Å². The Morgan fingerprint density at radius 1 is 1.26 bits per heavy atom. The molecule has 1 saturated heterocycles. The average Bonchev–Trinajstić information content (AvgIpc) is 3.16. The molecule has 1 amide bonds. The molecule has 1 aliphatic heterocycles. The number of primary amides is 1. The molecule has 2 aromatic carbocycles. The number of aryl methyl sites for hydroxylation is 1. The first-order chi connectivity index (χ1) is 13.0. The van der Waals surface area contributed by atoms with Gasteiger partial charge in [0.1, 0.15) is 0 Å². The Labute approximate surface area is 164 Å². The number of aromatic amines is 1. The van der Waals surface area contributed by atoms with Gasteiger partial charge in [-0.1, -0.05) is 30.2 Å². The summed E-state index contributed by atoms with van der Waals surface area (Å²) in [5.74, 6) is -0.386. The highest BCUT2D eigenvalue weighted by atomic mass is 35.5. The van der Waals surface area contributed by atoms with E-state index in [1.54, 1.807) is 0 Å². The highest BCUT2D eigenvalue weighted by Gasteiger charge is 2.25. The standard InChI is InChI=1S/C22H24ClN3O/c1-14-12-19(23)18(17-9-10-25-21(14)17)13-26-11-3-2-4-20(26)15-5-7-16(8-6-15)22(24)27/h5-10,12,20,25H,2-4,11,13H2,1H3,(H2,24,27)/t20-/m1/s1. The van der Waals surface area contributed by atoms with E-state index in [4.69, 9.17) is 17.3 Å². The lowest BCUT2D eigenvalue weighted by atomic mass is 9.93. The number of aromatic nitrogens is 1. The molecule has 0 aliphatic carbocycles. The molecule has 27 heavy (non-hydrogen) atoms. The summed E-state index contributed by atoms with van der Waals surface area (Å²) < 4.78 is 0. The summed E-state index contributed by atoms with van der Waals surface area (Å²) in [6, 6.07) is 12.2. The van der Waals surface area contributed by atoms with E-state index in [9.17, 15) is 4.79 Å². The third kappa shape index (κ3) is 3.47. The number of piperidine rings is 1. The van der Waals surface area contributed by atoms with Crippen molar-refractivity contribution >= 4 is 28.4 Å². The number of amides is 1. The Morgan fingerprint density at radius 3 is 2.78 bits per heavy atom. The number of hydrogen-bond donors (Lipinski definition) is 2. The first kappa shape index (κ1) is 18.1. The summed E-state index contributed by atoms with van der Waals surface area (Å²) in [5, 5.41) is 2.03. The SMILES string of the molecule is Cc1cc(Cl)c(CN2CCCC[C@@H]2c2ccc(C(N)=O)cc2)c2cc[nH]c12. The highest BCUT2D eigenvalue weighted by Crippen LogP contribution is 2.36. The topological polar surface area (TPSA) is 62.1 Å². The summed E-state index contributed by atoms with van der Waals surface area (Å²) in [4.78, 5) is 17.2. The van der Waals surface area contributed by atoms with Crippen molar-refractivity contribution in [2.45, 2.75) is 38.8 Å². The zero-order valence-electron chi connectivity index (χ0n) is 15.5. The third-order valence-electron chi connectivity index (χ3n) is 5.65. The predicted molar refractivity (Wildman–Crippen MR) is 110 cm³/mol. The van der Waals surface area contributed by atoms with E-state index in [0.717, 1.165) is 30.0 Å². The van der Waals surface area contributed by atoms with Crippen molar-refractivity contribution in [3.63, 3.8) is 0 Å². The van der Waals surface area contributed by atoms with Crippen molar-refractivity contribution in [3.8, 4) is 0 Å². The van der Waals surface area contributed by atoms with E-state index in [1.165, 1.54) is 34.9 Å². The minimum atomic E-state index is -0.386. The summed E-state index contributed by atoms with van der Waals surface area (Å²) in [6.45, 7) is 3.94. The number of nitrogens with zero attached hydrogens (tertiary/aromatic N) is 1. The fraction of sp³-hybridized carbons (Fsp3) is 0.318. The maximum absolute atomic E-state index is 11.4. The number of hydrogen-bond acceptors (Lipinski definition) is 2. The molecule has 1 fully saturated rings. The molecule has 4 rings (SSSR count). The maximum Gasteiger partial charge on any atom is 0.248 e. The average molecular weight is 382 g/mol. The molecule has 1 aliphatic rings. The first-order valence-electron chi connectivity index (χ1n) is 9.43. The van der Waals surface area contributed by atoms with Crippen molar-refractivity contribution in [2.75, 3.05) is 6.54 Å². The van der Waals surface area contributed by atoms with Crippen molar-refractivity contribution in [1.29, 1.82) is 0 Å². The number of fused-ring (bicyclic) bond motifs is 1. The number of halogens is 1. The molecule has 1 aromatic heterocycles. The number of nitrogens with one attached hydrogen (secondary N) is 1. The normalized spacial score (nSPS) is 18.1. The second kappa shape index (κ2) is 7.37. The Kier molecular flexibility index (Phi) is 4.94. The third-order valence-corrected chi connectivity index (χ3v) is 5.99. The highest BCUT2D eigenvalue weighted by molar-refractivity contribution is 6.32. The van der Waals surface area contributed by atoms with Crippen molar-refractivity contribution in [2.24, 2.45) is 5.73 Å². The fourth-order valence-corrected chi connectivity index (χ4v) is 4.54. The van der Waals surface area contributed by atoms with Gasteiger partial charge >= 0.3 is 0 Å². The van der Waals surface area contributed by atoms with Gasteiger partial charge in [-0.3, -0.25) is 9.69 Å². The summed E-state index contributed by atoms with van der Waals surface area (Å²) in [5.41, 5.74) is 10.7. The lowest BCUT2D eigenvalue weighted by Gasteiger charge is -2.36. The van der Waals surface area contributed by atoms with Crippen LogP contribution in [-0.4, -0.2) is 22.3 Å². The number of H-pyrrole nitrogens is 1. The molecule has 2 heterocycles. The van der Waals surface area contributed by atoms with Crippen LogP contribution in [-0.2, 0) is 6.54 Å².